The molecule has 0 saturated carbocycles. The highest BCUT2D eigenvalue weighted by atomic mass is 32.1. The van der Waals surface area contributed by atoms with E-state index in [9.17, 15) is 9.59 Å². The van der Waals surface area contributed by atoms with Crippen molar-refractivity contribution in [1.29, 1.82) is 0 Å². The van der Waals surface area contributed by atoms with Crippen molar-refractivity contribution >= 4 is 39.2 Å². The Morgan fingerprint density at radius 1 is 1.10 bits per heavy atom. The minimum atomic E-state index is -0.621. The molecule has 0 fully saturated rings. The van der Waals surface area contributed by atoms with Crippen LogP contribution in [0.4, 0.5) is 5.69 Å². The first-order valence-corrected chi connectivity index (χ1v) is 10.1. The number of aryl methyl sites for hydroxylation is 1. The van der Waals surface area contributed by atoms with Crippen molar-refractivity contribution in [2.45, 2.75) is 6.92 Å². The number of nitrogens with zero attached hydrogens (tertiary/aromatic N) is 2. The zero-order chi connectivity index (χ0) is 21.3. The Morgan fingerprint density at radius 2 is 1.87 bits per heavy atom. The van der Waals surface area contributed by atoms with Gasteiger partial charge >= 0.3 is 11.9 Å². The largest absolute Gasteiger partial charge is 0.466 e. The Morgan fingerprint density at radius 3 is 2.57 bits per heavy atom. The number of thiazole rings is 1. The Balaban J connectivity index is 1.76. The van der Waals surface area contributed by atoms with Crippen LogP contribution in [0, 0.1) is 6.92 Å². The highest BCUT2D eigenvalue weighted by molar-refractivity contribution is 7.21. The van der Waals surface area contributed by atoms with Crippen LogP contribution < -0.4 is 4.90 Å². The quantitative estimate of drug-likeness (QED) is 0.592. The molecule has 3 aromatic rings. The van der Waals surface area contributed by atoms with Crippen LogP contribution in [0.1, 0.15) is 5.56 Å². The molecule has 1 aliphatic heterocycles. The maximum absolute atomic E-state index is 12.5. The molecule has 0 aliphatic carbocycles. The lowest BCUT2D eigenvalue weighted by molar-refractivity contribution is -0.140. The molecule has 7 nitrogen and oxygen atoms in total. The number of aromatic nitrogens is 1. The van der Waals surface area contributed by atoms with Crippen LogP contribution >= 0.6 is 11.3 Å². The summed E-state index contributed by atoms with van der Waals surface area (Å²) in [5, 5.41) is 0.916. The summed E-state index contributed by atoms with van der Waals surface area (Å²) in [5.74, 6) is -1.24. The number of hydrogen-bond acceptors (Lipinski definition) is 8. The molecule has 154 valence electrons. The van der Waals surface area contributed by atoms with Gasteiger partial charge in [-0.15, -0.1) is 11.3 Å². The molecule has 0 radical (unpaired) electrons. The van der Waals surface area contributed by atoms with Crippen LogP contribution in [-0.4, -0.2) is 44.5 Å². The monoisotopic (exact) mass is 424 g/mol. The Hall–Kier alpha value is -3.23. The van der Waals surface area contributed by atoms with Crippen LogP contribution in [0.25, 0.3) is 20.8 Å². The minimum Gasteiger partial charge on any atom is -0.466 e. The number of ether oxygens (including phenoxy) is 3. The van der Waals surface area contributed by atoms with Crippen LogP contribution in [0.2, 0.25) is 0 Å². The zero-order valence-corrected chi connectivity index (χ0v) is 17.6. The minimum absolute atomic E-state index is 0.0174. The number of carbonyl (C=O) groups is 2. The van der Waals surface area contributed by atoms with E-state index >= 15 is 0 Å². The third kappa shape index (κ3) is 3.55. The van der Waals surface area contributed by atoms with Gasteiger partial charge in [0, 0.05) is 11.3 Å². The van der Waals surface area contributed by atoms with Crippen molar-refractivity contribution in [3.8, 4) is 10.6 Å². The van der Waals surface area contributed by atoms with Crippen molar-refractivity contribution in [2.24, 2.45) is 0 Å². The molecule has 0 N–H and O–H groups in total. The van der Waals surface area contributed by atoms with Gasteiger partial charge in [-0.25, -0.2) is 14.6 Å². The predicted molar refractivity (Wildman–Crippen MR) is 114 cm³/mol. The molecule has 30 heavy (non-hydrogen) atoms. The summed E-state index contributed by atoms with van der Waals surface area (Å²) >= 11 is 1.62. The predicted octanol–water partition coefficient (Wildman–Crippen LogP) is 3.67. The summed E-state index contributed by atoms with van der Waals surface area (Å²) in [6.45, 7) is 2.04. The smallest absolute Gasteiger partial charge is 0.355 e. The van der Waals surface area contributed by atoms with E-state index in [-0.39, 0.29) is 24.6 Å². The van der Waals surface area contributed by atoms with Crippen molar-refractivity contribution in [3.63, 3.8) is 0 Å². The molecule has 1 aliphatic rings. The van der Waals surface area contributed by atoms with Gasteiger partial charge in [-0.05, 0) is 42.8 Å². The fourth-order valence-corrected chi connectivity index (χ4v) is 4.38. The lowest BCUT2D eigenvalue weighted by atomic mass is 10.1. The second-order valence-corrected chi connectivity index (χ2v) is 7.73. The average molecular weight is 424 g/mol. The van der Waals surface area contributed by atoms with Gasteiger partial charge < -0.3 is 19.1 Å². The van der Waals surface area contributed by atoms with E-state index in [4.69, 9.17) is 19.2 Å². The summed E-state index contributed by atoms with van der Waals surface area (Å²) in [7, 11) is 2.54. The van der Waals surface area contributed by atoms with Gasteiger partial charge in [-0.1, -0.05) is 12.1 Å². The first-order chi connectivity index (χ1) is 14.5. The van der Waals surface area contributed by atoms with E-state index < -0.39 is 11.9 Å². The first kappa shape index (κ1) is 20.1. The molecular formula is C22H20N2O5S. The first-order valence-electron chi connectivity index (χ1n) is 9.25. The molecule has 2 aromatic carbocycles. The van der Waals surface area contributed by atoms with E-state index in [1.165, 1.54) is 14.2 Å². The number of rotatable bonds is 4. The fraction of sp³-hybridized carbons (Fsp3) is 0.227. The van der Waals surface area contributed by atoms with Crippen LogP contribution in [-0.2, 0) is 23.8 Å². The number of fused-ring (bicyclic) bond motifs is 1. The molecule has 8 heteroatoms. The molecule has 0 bridgehead atoms. The van der Waals surface area contributed by atoms with Gasteiger partial charge in [-0.2, -0.15) is 0 Å². The van der Waals surface area contributed by atoms with Gasteiger partial charge in [0.15, 0.2) is 0 Å². The van der Waals surface area contributed by atoms with Crippen molar-refractivity contribution in [3.05, 3.63) is 59.3 Å². The third-order valence-corrected chi connectivity index (χ3v) is 5.95. The Bertz CT molecular complexity index is 1130. The zero-order valence-electron chi connectivity index (χ0n) is 16.8. The molecule has 2 heterocycles. The number of esters is 2. The lowest BCUT2D eigenvalue weighted by Gasteiger charge is -2.32. The lowest BCUT2D eigenvalue weighted by Crippen LogP contribution is -2.39. The van der Waals surface area contributed by atoms with Crippen molar-refractivity contribution < 1.29 is 23.8 Å². The normalized spacial score (nSPS) is 14.2. The average Bonchev–Trinajstić information content (AvgIpc) is 3.22. The van der Waals surface area contributed by atoms with E-state index in [1.54, 1.807) is 16.2 Å². The maximum atomic E-state index is 12.5. The SMILES string of the molecule is COC(=O)C1=C(C(=O)OC)N(c2ccc(-c3nc4ccccc4s3)cc2C)COC1. The van der Waals surface area contributed by atoms with Crippen LogP contribution in [0.5, 0.6) is 0 Å². The second kappa shape index (κ2) is 8.25. The summed E-state index contributed by atoms with van der Waals surface area (Å²) in [4.78, 5) is 31.0. The Labute approximate surface area is 177 Å². The molecule has 0 saturated heterocycles. The van der Waals surface area contributed by atoms with Crippen molar-refractivity contribution in [1.82, 2.24) is 4.98 Å². The van der Waals surface area contributed by atoms with Crippen LogP contribution in [0.15, 0.2) is 53.7 Å². The number of para-hydroxylation sites is 1. The second-order valence-electron chi connectivity index (χ2n) is 6.70. The number of anilines is 1. The molecule has 0 amide bonds. The van der Waals surface area contributed by atoms with Gasteiger partial charge in [-0.3, -0.25) is 0 Å². The highest BCUT2D eigenvalue weighted by Gasteiger charge is 2.33. The third-order valence-electron chi connectivity index (χ3n) is 4.86. The maximum Gasteiger partial charge on any atom is 0.355 e. The van der Waals surface area contributed by atoms with E-state index in [1.807, 2.05) is 49.4 Å². The van der Waals surface area contributed by atoms with Gasteiger partial charge in [0.2, 0.25) is 0 Å². The van der Waals surface area contributed by atoms with Gasteiger partial charge in [0.1, 0.15) is 17.4 Å². The summed E-state index contributed by atoms with van der Waals surface area (Å²) in [5.41, 5.74) is 3.84. The molecule has 1 aromatic heterocycles. The van der Waals surface area contributed by atoms with Crippen molar-refractivity contribution in [2.75, 3.05) is 32.5 Å². The molecule has 0 unspecified atom stereocenters. The summed E-state index contributed by atoms with van der Waals surface area (Å²) in [6, 6.07) is 13.8. The number of methoxy groups -OCH3 is 2. The molecule has 0 atom stereocenters. The topological polar surface area (TPSA) is 78.0 Å². The summed E-state index contributed by atoms with van der Waals surface area (Å²) in [6.07, 6.45) is 0. The Kier molecular flexibility index (Phi) is 5.52. The number of benzene rings is 2. The van der Waals surface area contributed by atoms with E-state index in [0.717, 1.165) is 32.0 Å². The highest BCUT2D eigenvalue weighted by Crippen LogP contribution is 2.35. The summed E-state index contributed by atoms with van der Waals surface area (Å²) < 4.78 is 16.4. The standard InChI is InChI=1S/C22H20N2O5S/c1-13-10-14(20-23-16-6-4-5-7-18(16)30-20)8-9-17(13)24-12-29-11-15(21(25)27-2)19(24)22(26)28-3/h4-10H,11-12H2,1-3H3. The van der Waals surface area contributed by atoms with Gasteiger partial charge in [0.25, 0.3) is 0 Å². The molecule has 4 rings (SSSR count). The van der Waals surface area contributed by atoms with E-state index in [0.29, 0.717) is 0 Å². The van der Waals surface area contributed by atoms with Gasteiger partial charge in [0.05, 0.1) is 36.6 Å². The fourth-order valence-electron chi connectivity index (χ4n) is 3.42. The van der Waals surface area contributed by atoms with E-state index in [2.05, 4.69) is 0 Å². The molecular weight excluding hydrogens is 404 g/mol. The number of carbonyl (C=O) groups excluding carboxylic acids is 2. The molecule has 0 spiro atoms. The number of hydrogen-bond donors (Lipinski definition) is 0. The van der Waals surface area contributed by atoms with Crippen LogP contribution in [0.3, 0.4) is 0 Å².